The molecule has 0 unspecified atom stereocenters. The quantitative estimate of drug-likeness (QED) is 0.636. The molecule has 26 heavy (non-hydrogen) atoms. The van der Waals surface area contributed by atoms with Gasteiger partial charge in [-0.25, -0.2) is 17.5 Å². The van der Waals surface area contributed by atoms with E-state index in [9.17, 15) is 22.4 Å². The average Bonchev–Trinajstić information content (AvgIpc) is 2.58. The molecule has 0 bridgehead atoms. The number of aromatic nitrogens is 2. The molecular formula is C16H13ClFN3O4S. The minimum atomic E-state index is -3.80. The van der Waals surface area contributed by atoms with Gasteiger partial charge < -0.3 is 9.55 Å². The number of halogens is 2. The Kier molecular flexibility index (Phi) is 4.94. The van der Waals surface area contributed by atoms with Crippen molar-refractivity contribution in [3.8, 4) is 0 Å². The van der Waals surface area contributed by atoms with Gasteiger partial charge in [-0.05, 0) is 42.5 Å². The number of sulfonamides is 1. The number of nitrogens with one attached hydrogen (secondary N) is 2. The van der Waals surface area contributed by atoms with Crippen molar-refractivity contribution in [1.82, 2.24) is 14.3 Å². The van der Waals surface area contributed by atoms with Crippen LogP contribution in [-0.4, -0.2) is 24.5 Å². The Balaban J connectivity index is 1.86. The van der Waals surface area contributed by atoms with Gasteiger partial charge in [-0.2, -0.15) is 0 Å². The summed E-state index contributed by atoms with van der Waals surface area (Å²) < 4.78 is 41.2. The first-order chi connectivity index (χ1) is 12.3. The molecule has 1 heterocycles. The SMILES string of the molecule is O=c1[nH]c2cc(F)ccc2n(CCNS(=O)(=O)c2ccc(Cl)cc2)c1=O. The fraction of sp³-hybridized carbons (Fsp3) is 0.125. The summed E-state index contributed by atoms with van der Waals surface area (Å²) in [5, 5.41) is 0.401. The predicted octanol–water partition coefficient (Wildman–Crippen LogP) is 1.46. The lowest BCUT2D eigenvalue weighted by Crippen LogP contribution is -2.39. The van der Waals surface area contributed by atoms with Crippen LogP contribution in [0.5, 0.6) is 0 Å². The molecule has 0 spiro atoms. The van der Waals surface area contributed by atoms with E-state index in [4.69, 9.17) is 11.6 Å². The summed E-state index contributed by atoms with van der Waals surface area (Å²) in [5.74, 6) is -0.568. The van der Waals surface area contributed by atoms with Crippen molar-refractivity contribution in [3.05, 3.63) is 74.0 Å². The van der Waals surface area contributed by atoms with Crippen LogP contribution < -0.4 is 15.8 Å². The van der Waals surface area contributed by atoms with Gasteiger partial charge in [-0.1, -0.05) is 11.6 Å². The molecule has 0 aliphatic heterocycles. The van der Waals surface area contributed by atoms with Crippen molar-refractivity contribution in [2.45, 2.75) is 11.4 Å². The molecule has 0 aliphatic rings. The van der Waals surface area contributed by atoms with Crippen molar-refractivity contribution in [2.75, 3.05) is 6.54 Å². The largest absolute Gasteiger partial charge is 0.316 e. The summed E-state index contributed by atoms with van der Waals surface area (Å²) in [6.07, 6.45) is 0. The normalized spacial score (nSPS) is 11.8. The maximum absolute atomic E-state index is 13.3. The molecule has 0 saturated heterocycles. The van der Waals surface area contributed by atoms with Crippen LogP contribution in [0.25, 0.3) is 11.0 Å². The number of rotatable bonds is 5. The molecular weight excluding hydrogens is 385 g/mol. The van der Waals surface area contributed by atoms with E-state index in [1.165, 1.54) is 30.3 Å². The summed E-state index contributed by atoms with van der Waals surface area (Å²) in [4.78, 5) is 26.1. The maximum Gasteiger partial charge on any atom is 0.316 e. The summed E-state index contributed by atoms with van der Waals surface area (Å²) in [5.41, 5.74) is -1.32. The van der Waals surface area contributed by atoms with Crippen LogP contribution in [0.1, 0.15) is 0 Å². The number of H-pyrrole nitrogens is 1. The zero-order chi connectivity index (χ0) is 18.9. The molecule has 7 nitrogen and oxygen atoms in total. The lowest BCUT2D eigenvalue weighted by molar-refractivity contribution is 0.572. The highest BCUT2D eigenvalue weighted by Crippen LogP contribution is 2.14. The highest BCUT2D eigenvalue weighted by atomic mass is 35.5. The van der Waals surface area contributed by atoms with Crippen LogP contribution in [0.4, 0.5) is 4.39 Å². The number of fused-ring (bicyclic) bond motifs is 1. The lowest BCUT2D eigenvalue weighted by atomic mass is 10.3. The molecule has 3 rings (SSSR count). The van der Waals surface area contributed by atoms with Gasteiger partial charge in [0.05, 0.1) is 15.9 Å². The van der Waals surface area contributed by atoms with Crippen molar-refractivity contribution < 1.29 is 12.8 Å². The number of benzene rings is 2. The third-order valence-electron chi connectivity index (χ3n) is 3.69. The minimum Gasteiger partial charge on any atom is -0.316 e. The van der Waals surface area contributed by atoms with Gasteiger partial charge in [0.1, 0.15) is 5.82 Å². The zero-order valence-electron chi connectivity index (χ0n) is 13.2. The second kappa shape index (κ2) is 7.02. The summed E-state index contributed by atoms with van der Waals surface area (Å²) >= 11 is 5.73. The van der Waals surface area contributed by atoms with Crippen LogP contribution in [0.15, 0.2) is 56.9 Å². The Hall–Kier alpha value is -2.49. The number of nitrogens with zero attached hydrogens (tertiary/aromatic N) is 1. The van der Waals surface area contributed by atoms with E-state index >= 15 is 0 Å². The second-order valence-corrected chi connectivity index (χ2v) is 7.63. The second-order valence-electron chi connectivity index (χ2n) is 5.42. The molecule has 136 valence electrons. The van der Waals surface area contributed by atoms with Crippen LogP contribution in [0.3, 0.4) is 0 Å². The fourth-order valence-corrected chi connectivity index (χ4v) is 3.61. The number of hydrogen-bond acceptors (Lipinski definition) is 4. The van der Waals surface area contributed by atoms with E-state index in [0.717, 1.165) is 16.7 Å². The maximum atomic E-state index is 13.3. The molecule has 0 atom stereocenters. The molecule has 0 radical (unpaired) electrons. The topological polar surface area (TPSA) is 101 Å². The van der Waals surface area contributed by atoms with E-state index in [1.807, 2.05) is 0 Å². The highest BCUT2D eigenvalue weighted by Gasteiger charge is 2.14. The van der Waals surface area contributed by atoms with Gasteiger partial charge in [0.25, 0.3) is 0 Å². The molecule has 0 amide bonds. The first-order valence-corrected chi connectivity index (χ1v) is 9.32. The first kappa shape index (κ1) is 18.3. The smallest absolute Gasteiger partial charge is 0.316 e. The Bertz CT molecular complexity index is 1190. The molecule has 10 heteroatoms. The Morgan fingerprint density at radius 1 is 1.12 bits per heavy atom. The zero-order valence-corrected chi connectivity index (χ0v) is 14.8. The lowest BCUT2D eigenvalue weighted by Gasteiger charge is -2.11. The molecule has 1 aromatic heterocycles. The van der Waals surface area contributed by atoms with Gasteiger partial charge in [-0.3, -0.25) is 9.59 Å². The molecule has 2 N–H and O–H groups in total. The van der Waals surface area contributed by atoms with Gasteiger partial charge in [0, 0.05) is 18.1 Å². The molecule has 0 aliphatic carbocycles. The van der Waals surface area contributed by atoms with E-state index in [0.29, 0.717) is 10.5 Å². The molecule has 2 aromatic carbocycles. The first-order valence-electron chi connectivity index (χ1n) is 7.45. The van der Waals surface area contributed by atoms with Gasteiger partial charge in [0.15, 0.2) is 0 Å². The Labute approximate surface area is 152 Å². The van der Waals surface area contributed by atoms with Crippen molar-refractivity contribution >= 4 is 32.7 Å². The van der Waals surface area contributed by atoms with Gasteiger partial charge >= 0.3 is 11.1 Å². The Morgan fingerprint density at radius 2 is 1.81 bits per heavy atom. The standard InChI is InChI=1S/C16H13ClFN3O4S/c17-10-1-4-12(5-2-10)26(24,25)19-7-8-21-14-6-3-11(18)9-13(14)20-15(22)16(21)23/h1-6,9,19H,7-8H2,(H,20,22). The third kappa shape index (κ3) is 3.69. The highest BCUT2D eigenvalue weighted by molar-refractivity contribution is 7.89. The average molecular weight is 398 g/mol. The summed E-state index contributed by atoms with van der Waals surface area (Å²) in [6, 6.07) is 9.16. The summed E-state index contributed by atoms with van der Waals surface area (Å²) in [7, 11) is -3.80. The van der Waals surface area contributed by atoms with Crippen LogP contribution in [0.2, 0.25) is 5.02 Å². The number of aromatic amines is 1. The van der Waals surface area contributed by atoms with Gasteiger partial charge in [0.2, 0.25) is 10.0 Å². The van der Waals surface area contributed by atoms with Crippen LogP contribution in [0, 0.1) is 5.82 Å². The van der Waals surface area contributed by atoms with Gasteiger partial charge in [-0.15, -0.1) is 0 Å². The van der Waals surface area contributed by atoms with Crippen molar-refractivity contribution in [1.29, 1.82) is 0 Å². The van der Waals surface area contributed by atoms with Crippen LogP contribution >= 0.6 is 11.6 Å². The monoisotopic (exact) mass is 397 g/mol. The minimum absolute atomic E-state index is 0.0204. The van der Waals surface area contributed by atoms with Crippen molar-refractivity contribution in [2.24, 2.45) is 0 Å². The van der Waals surface area contributed by atoms with E-state index < -0.39 is 27.0 Å². The van der Waals surface area contributed by atoms with E-state index in [1.54, 1.807) is 0 Å². The third-order valence-corrected chi connectivity index (χ3v) is 5.42. The Morgan fingerprint density at radius 3 is 2.50 bits per heavy atom. The number of hydrogen-bond donors (Lipinski definition) is 2. The summed E-state index contributed by atoms with van der Waals surface area (Å²) in [6.45, 7) is -0.238. The van der Waals surface area contributed by atoms with Crippen molar-refractivity contribution in [3.63, 3.8) is 0 Å². The van der Waals surface area contributed by atoms with E-state index in [-0.39, 0.29) is 23.5 Å². The predicted molar refractivity (Wildman–Crippen MR) is 95.4 cm³/mol. The molecule has 3 aromatic rings. The van der Waals surface area contributed by atoms with E-state index in [2.05, 4.69) is 9.71 Å². The molecule has 0 saturated carbocycles. The molecule has 0 fully saturated rings. The fourth-order valence-electron chi connectivity index (χ4n) is 2.46. The van der Waals surface area contributed by atoms with Crippen LogP contribution in [-0.2, 0) is 16.6 Å².